The van der Waals surface area contributed by atoms with Crippen LogP contribution in [-0.2, 0) is 30.1 Å². The van der Waals surface area contributed by atoms with Gasteiger partial charge in [0.05, 0.1) is 0 Å². The minimum absolute atomic E-state index is 0.0455. The van der Waals surface area contributed by atoms with Crippen molar-refractivity contribution in [1.82, 2.24) is 39.9 Å². The van der Waals surface area contributed by atoms with E-state index in [-0.39, 0.29) is 40.0 Å². The fourth-order valence-electron chi connectivity index (χ4n) is 6.48. The summed E-state index contributed by atoms with van der Waals surface area (Å²) in [7, 11) is -15.2. The monoisotopic (exact) mass is 751 g/mol. The van der Waals surface area contributed by atoms with Crippen molar-refractivity contribution in [3.63, 3.8) is 0 Å². The Hall–Kier alpha value is -6.03. The maximum Gasteiger partial charge on any atom is 0.240 e. The second-order valence-electron chi connectivity index (χ2n) is 11.8. The molecule has 20 heteroatoms. The molecule has 7 aromatic rings. The number of aromatic nitrogens is 8. The summed E-state index contributed by atoms with van der Waals surface area (Å²) in [5, 5.41) is 17.4. The zero-order valence-electron chi connectivity index (χ0n) is 26.1. The minimum Gasteiger partial charge on any atom is -0.324 e. The number of aromatic amines is 2. The van der Waals surface area contributed by atoms with Crippen molar-refractivity contribution in [2.45, 2.75) is 14.7 Å². The van der Waals surface area contributed by atoms with E-state index in [9.17, 15) is 25.3 Å². The van der Waals surface area contributed by atoms with Gasteiger partial charge in [-0.25, -0.2) is 70.6 Å². The molecule has 0 unspecified atom stereocenters. The molecule has 0 amide bonds. The highest BCUT2D eigenvalue weighted by Crippen LogP contribution is 2.40. The van der Waals surface area contributed by atoms with E-state index < -0.39 is 50.1 Å². The van der Waals surface area contributed by atoms with E-state index in [1.54, 1.807) is 48.5 Å². The molecule has 0 aliphatic carbocycles. The molecule has 2 aliphatic heterocycles. The number of sulfonamides is 3. The van der Waals surface area contributed by atoms with Crippen LogP contribution in [0.4, 0.5) is 0 Å². The normalized spacial score (nSPS) is 13.0. The lowest BCUT2D eigenvalue weighted by atomic mass is 10.1. The summed E-state index contributed by atoms with van der Waals surface area (Å²) >= 11 is 0. The van der Waals surface area contributed by atoms with Crippen LogP contribution in [0.5, 0.6) is 0 Å². The Bertz CT molecular complexity index is 3290. The molecule has 258 valence electrons. The highest BCUT2D eigenvalue weighted by molar-refractivity contribution is 7.94. The summed E-state index contributed by atoms with van der Waals surface area (Å²) in [6, 6.07) is 22.4. The predicted molar refractivity (Wildman–Crippen MR) is 190 cm³/mol. The Morgan fingerprint density at radius 3 is 1.19 bits per heavy atom. The van der Waals surface area contributed by atoms with Gasteiger partial charge in [0.25, 0.3) is 0 Å². The van der Waals surface area contributed by atoms with Crippen LogP contribution in [0, 0.1) is 0 Å². The van der Waals surface area contributed by atoms with Crippen molar-refractivity contribution >= 4 is 74.2 Å². The minimum atomic E-state index is -5.12. The average molecular weight is 752 g/mol. The second kappa shape index (κ2) is 10.7. The Balaban J connectivity index is 1.58. The number of primary sulfonamides is 3. The quantitative estimate of drug-likeness (QED) is 0.174. The zero-order chi connectivity index (χ0) is 36.3. The Morgan fingerprint density at radius 1 is 0.423 bits per heavy atom. The molecule has 4 aromatic carbocycles. The Kier molecular flexibility index (Phi) is 6.59. The van der Waals surface area contributed by atoms with Gasteiger partial charge in [0.15, 0.2) is 23.3 Å². The highest BCUT2D eigenvalue weighted by Gasteiger charge is 2.35. The third-order valence-corrected chi connectivity index (χ3v) is 11.8. The van der Waals surface area contributed by atoms with Gasteiger partial charge < -0.3 is 9.97 Å². The van der Waals surface area contributed by atoms with Crippen molar-refractivity contribution in [3.8, 4) is 45.6 Å². The average Bonchev–Trinajstić information content (AvgIpc) is 3.82. The second-order valence-corrected chi connectivity index (χ2v) is 16.4. The van der Waals surface area contributed by atoms with E-state index in [2.05, 4.69) is 19.9 Å². The summed E-state index contributed by atoms with van der Waals surface area (Å²) in [5.74, 6) is 0.658. The van der Waals surface area contributed by atoms with Crippen LogP contribution in [0.25, 0.3) is 89.7 Å². The lowest BCUT2D eigenvalue weighted by Crippen LogP contribution is -2.25. The molecule has 0 radical (unpaired) electrons. The summed E-state index contributed by atoms with van der Waals surface area (Å²) in [4.78, 5) is 31.1. The zero-order valence-corrected chi connectivity index (χ0v) is 28.5. The number of hydrogen-bond acceptors (Lipinski definition) is 12. The molecule has 2 aliphatic rings. The standard InChI is InChI=1S/C32H21N11O6S3/c33-50(44,45)21-13-20-22(24(52(35,48)49)23(21)51(34,46)47)32-42-30-19-12-6-5-11-18(19)28(40-30)38-26-15-8-2-1-7-14(15)25(36-26)37-27-16-9-3-4-10-17(16)29(39-27)41-31(20)43-32/h1-13H,(H2,33,44,45)(H2,34,46,47)(H2,35,48,49)(H2,36,37,38,39,40,41,42,43). The van der Waals surface area contributed by atoms with Crippen LogP contribution in [0.2, 0.25) is 0 Å². The van der Waals surface area contributed by atoms with Crippen LogP contribution in [0.3, 0.4) is 0 Å². The SMILES string of the molecule is NS(=O)(=O)c1cc2c3nc4nc(nc5[nH]c(nc6nc(nc([nH]3)c2c(S(N)(=O)=O)c1S(N)(=O)=O)-c1ccccc1-6)c1ccccc51)-c1ccccc1-4. The van der Waals surface area contributed by atoms with E-state index in [1.165, 1.54) is 0 Å². The van der Waals surface area contributed by atoms with Crippen molar-refractivity contribution in [3.05, 3.63) is 78.9 Å². The molecule has 3 aromatic heterocycles. The van der Waals surface area contributed by atoms with Crippen molar-refractivity contribution in [2.24, 2.45) is 15.4 Å². The van der Waals surface area contributed by atoms with Crippen LogP contribution >= 0.6 is 0 Å². The lowest BCUT2D eigenvalue weighted by molar-refractivity contribution is 0.576. The molecule has 0 spiro atoms. The Labute approximate surface area is 292 Å². The third kappa shape index (κ3) is 4.88. The first-order valence-corrected chi connectivity index (χ1v) is 19.7. The molecule has 8 bridgehead atoms. The van der Waals surface area contributed by atoms with E-state index in [0.717, 1.165) is 16.8 Å². The first-order valence-electron chi connectivity index (χ1n) is 15.1. The maximum absolute atomic E-state index is 13.3. The van der Waals surface area contributed by atoms with Crippen LogP contribution < -0.4 is 15.4 Å². The summed E-state index contributed by atoms with van der Waals surface area (Å²) in [6.45, 7) is 0. The van der Waals surface area contributed by atoms with Gasteiger partial charge >= 0.3 is 0 Å². The molecule has 52 heavy (non-hydrogen) atoms. The molecule has 17 nitrogen and oxygen atoms in total. The van der Waals surface area contributed by atoms with E-state index in [1.807, 2.05) is 24.3 Å². The summed E-state index contributed by atoms with van der Waals surface area (Å²) in [6.07, 6.45) is 0. The molecule has 9 rings (SSSR count). The van der Waals surface area contributed by atoms with Gasteiger partial charge in [-0.3, -0.25) is 0 Å². The van der Waals surface area contributed by atoms with Crippen molar-refractivity contribution in [2.75, 3.05) is 0 Å². The van der Waals surface area contributed by atoms with Gasteiger partial charge in [-0.15, -0.1) is 0 Å². The highest BCUT2D eigenvalue weighted by atomic mass is 32.2. The first kappa shape index (κ1) is 31.9. The number of nitrogens with two attached hydrogens (primary N) is 3. The van der Waals surface area contributed by atoms with E-state index in [4.69, 9.17) is 35.4 Å². The van der Waals surface area contributed by atoms with Crippen LogP contribution in [0.1, 0.15) is 0 Å². The van der Waals surface area contributed by atoms with Gasteiger partial charge in [0.1, 0.15) is 37.3 Å². The van der Waals surface area contributed by atoms with Crippen molar-refractivity contribution in [1.29, 1.82) is 0 Å². The number of hydrogen-bond donors (Lipinski definition) is 5. The predicted octanol–water partition coefficient (Wildman–Crippen LogP) is 2.81. The molecule has 5 heterocycles. The van der Waals surface area contributed by atoms with Crippen LogP contribution in [0.15, 0.2) is 93.5 Å². The van der Waals surface area contributed by atoms with E-state index >= 15 is 0 Å². The fourth-order valence-corrected chi connectivity index (χ4v) is 10.1. The number of nitrogens with one attached hydrogen (secondary N) is 2. The van der Waals surface area contributed by atoms with E-state index in [0.29, 0.717) is 33.5 Å². The van der Waals surface area contributed by atoms with Gasteiger partial charge in [-0.1, -0.05) is 72.8 Å². The topological polar surface area (TPSA) is 289 Å². The largest absolute Gasteiger partial charge is 0.324 e. The van der Waals surface area contributed by atoms with Crippen molar-refractivity contribution < 1.29 is 25.3 Å². The maximum atomic E-state index is 13.3. The molecular formula is C32H21N11O6S3. The molecule has 8 N–H and O–H groups in total. The fraction of sp³-hybridized carbons (Fsp3) is 0. The van der Waals surface area contributed by atoms with Crippen LogP contribution in [-0.4, -0.2) is 65.1 Å². The van der Waals surface area contributed by atoms with Gasteiger partial charge in [0.2, 0.25) is 30.1 Å². The summed E-state index contributed by atoms with van der Waals surface area (Å²) < 4.78 is 78.4. The smallest absolute Gasteiger partial charge is 0.240 e. The number of benzene rings is 4. The molecular weight excluding hydrogens is 731 g/mol. The Morgan fingerprint density at radius 2 is 0.788 bits per heavy atom. The number of rotatable bonds is 3. The first-order chi connectivity index (χ1) is 24.7. The molecule has 0 fully saturated rings. The van der Waals surface area contributed by atoms with Gasteiger partial charge in [-0.2, -0.15) is 0 Å². The molecule has 0 saturated carbocycles. The number of fused-ring (bicyclic) bond motifs is 20. The van der Waals surface area contributed by atoms with Gasteiger partial charge in [-0.05, 0) is 6.07 Å². The third-order valence-electron chi connectivity index (χ3n) is 8.59. The lowest BCUT2D eigenvalue weighted by Gasteiger charge is -2.12. The number of H-pyrrole nitrogens is 2. The summed E-state index contributed by atoms with van der Waals surface area (Å²) in [5.41, 5.74) is 2.63. The molecule has 0 saturated heterocycles. The van der Waals surface area contributed by atoms with Gasteiger partial charge in [0, 0.05) is 43.8 Å². The molecule has 0 atom stereocenters. The number of nitrogens with zero attached hydrogens (tertiary/aromatic N) is 6.